The molecule has 4 aromatic carbocycles. The second kappa shape index (κ2) is 11.4. The molecule has 0 amide bonds. The summed E-state index contributed by atoms with van der Waals surface area (Å²) in [6, 6.07) is 27.8. The molecule has 7 nitrogen and oxygen atoms in total. The summed E-state index contributed by atoms with van der Waals surface area (Å²) >= 11 is 0. The lowest BCUT2D eigenvalue weighted by Gasteiger charge is -2.21. The van der Waals surface area contributed by atoms with Gasteiger partial charge in [0.2, 0.25) is 0 Å². The predicted molar refractivity (Wildman–Crippen MR) is 154 cm³/mol. The Morgan fingerprint density at radius 3 is 2.30 bits per heavy atom. The Bertz CT molecular complexity index is 1760. The first-order valence-electron chi connectivity index (χ1n) is 12.8. The molecule has 0 aliphatic rings. The van der Waals surface area contributed by atoms with Crippen molar-refractivity contribution in [2.45, 2.75) is 24.3 Å². The molecule has 5 rings (SSSR count). The van der Waals surface area contributed by atoms with Crippen molar-refractivity contribution >= 4 is 26.7 Å². The van der Waals surface area contributed by atoms with E-state index in [2.05, 4.69) is 0 Å². The summed E-state index contributed by atoms with van der Waals surface area (Å²) in [6.07, 6.45) is 1.34. The van der Waals surface area contributed by atoms with Crippen molar-refractivity contribution in [2.24, 2.45) is 0 Å². The maximum absolute atomic E-state index is 13.8. The van der Waals surface area contributed by atoms with E-state index in [0.29, 0.717) is 34.4 Å². The van der Waals surface area contributed by atoms with Crippen LogP contribution in [0, 0.1) is 6.92 Å². The standard InChI is InChI=1S/C32H29NO6S/c1-22-12-14-23(15-13-22)29(18-19-34)39-30-17-16-24(20-31(30)38-2)32(35)27-21-33(28-11-7-6-10-26(27)28)40(36,37)25-8-4-3-5-9-25/h3-17,20-21,29,34H,18-19H2,1-2H3. The largest absolute Gasteiger partial charge is 0.493 e. The van der Waals surface area contributed by atoms with Crippen LogP contribution in [0.2, 0.25) is 0 Å². The number of ether oxygens (including phenoxy) is 2. The summed E-state index contributed by atoms with van der Waals surface area (Å²) in [5.41, 5.74) is 3.01. The Morgan fingerprint density at radius 2 is 1.60 bits per heavy atom. The first-order chi connectivity index (χ1) is 19.3. The molecule has 1 atom stereocenters. The highest BCUT2D eigenvalue weighted by molar-refractivity contribution is 7.90. The van der Waals surface area contributed by atoms with Gasteiger partial charge in [-0.2, -0.15) is 0 Å². The minimum absolute atomic E-state index is 0.0621. The van der Waals surface area contributed by atoms with E-state index in [-0.39, 0.29) is 22.8 Å². The highest BCUT2D eigenvalue weighted by Crippen LogP contribution is 2.35. The Kier molecular flexibility index (Phi) is 7.73. The van der Waals surface area contributed by atoms with Crippen LogP contribution in [0.25, 0.3) is 10.9 Å². The van der Waals surface area contributed by atoms with Gasteiger partial charge in [-0.25, -0.2) is 12.4 Å². The highest BCUT2D eigenvalue weighted by Gasteiger charge is 2.25. The maximum atomic E-state index is 13.8. The third kappa shape index (κ3) is 5.23. The fraction of sp³-hybridized carbons (Fsp3) is 0.156. The number of fused-ring (bicyclic) bond motifs is 1. The zero-order valence-corrected chi connectivity index (χ0v) is 23.0. The summed E-state index contributed by atoms with van der Waals surface area (Å²) < 4.78 is 39.9. The number of aromatic nitrogens is 1. The van der Waals surface area contributed by atoms with Crippen molar-refractivity contribution in [1.82, 2.24) is 3.97 Å². The Balaban J connectivity index is 1.51. The van der Waals surface area contributed by atoms with Gasteiger partial charge in [0.1, 0.15) is 6.10 Å². The minimum Gasteiger partial charge on any atom is -0.493 e. The number of benzene rings is 4. The molecule has 0 saturated carbocycles. The molecule has 0 radical (unpaired) electrons. The number of aliphatic hydroxyl groups is 1. The quantitative estimate of drug-likeness (QED) is 0.215. The van der Waals surface area contributed by atoms with Crippen molar-refractivity contribution in [3.8, 4) is 11.5 Å². The lowest BCUT2D eigenvalue weighted by Crippen LogP contribution is -2.12. The molecule has 1 unspecified atom stereocenters. The molecule has 0 spiro atoms. The lowest BCUT2D eigenvalue weighted by molar-refractivity contribution is 0.103. The molecule has 0 aliphatic heterocycles. The molecule has 1 aromatic heterocycles. The summed E-state index contributed by atoms with van der Waals surface area (Å²) in [5.74, 6) is 0.419. The van der Waals surface area contributed by atoms with Gasteiger partial charge in [0.15, 0.2) is 17.3 Å². The van der Waals surface area contributed by atoms with Crippen LogP contribution in [0.5, 0.6) is 11.5 Å². The second-order valence-corrected chi connectivity index (χ2v) is 11.2. The number of aryl methyl sites for hydroxylation is 1. The van der Waals surface area contributed by atoms with Crippen LogP contribution >= 0.6 is 0 Å². The molecule has 0 aliphatic carbocycles. The zero-order valence-electron chi connectivity index (χ0n) is 22.2. The summed E-state index contributed by atoms with van der Waals surface area (Å²) in [7, 11) is -2.44. The normalized spacial score (nSPS) is 12.3. The number of hydrogen-bond acceptors (Lipinski definition) is 6. The molecule has 0 fully saturated rings. The van der Waals surface area contributed by atoms with E-state index in [1.165, 1.54) is 25.4 Å². The van der Waals surface area contributed by atoms with E-state index in [4.69, 9.17) is 9.47 Å². The molecule has 8 heteroatoms. The first kappa shape index (κ1) is 27.2. The number of ketones is 1. The number of carbonyl (C=O) groups is 1. The van der Waals surface area contributed by atoms with Crippen LogP contribution in [0.3, 0.4) is 0 Å². The van der Waals surface area contributed by atoms with Gasteiger partial charge < -0.3 is 14.6 Å². The monoisotopic (exact) mass is 555 g/mol. The van der Waals surface area contributed by atoms with Crippen molar-refractivity contribution in [3.63, 3.8) is 0 Å². The van der Waals surface area contributed by atoms with Crippen molar-refractivity contribution in [1.29, 1.82) is 0 Å². The van der Waals surface area contributed by atoms with Gasteiger partial charge in [-0.3, -0.25) is 4.79 Å². The predicted octanol–water partition coefficient (Wildman–Crippen LogP) is 5.93. The molecule has 1 heterocycles. The van der Waals surface area contributed by atoms with Gasteiger partial charge in [-0.1, -0.05) is 66.2 Å². The lowest BCUT2D eigenvalue weighted by atomic mass is 10.0. The van der Waals surface area contributed by atoms with E-state index in [0.717, 1.165) is 15.1 Å². The van der Waals surface area contributed by atoms with Crippen molar-refractivity contribution in [3.05, 3.63) is 126 Å². The molecule has 204 valence electrons. The third-order valence-electron chi connectivity index (χ3n) is 6.76. The molecule has 5 aromatic rings. The van der Waals surface area contributed by atoms with Crippen LogP contribution in [0.4, 0.5) is 0 Å². The number of nitrogens with zero attached hydrogens (tertiary/aromatic N) is 1. The summed E-state index contributed by atoms with van der Waals surface area (Å²) in [4.78, 5) is 13.9. The van der Waals surface area contributed by atoms with Gasteiger partial charge in [0, 0.05) is 35.7 Å². The zero-order chi connectivity index (χ0) is 28.3. The Morgan fingerprint density at radius 1 is 0.900 bits per heavy atom. The van der Waals surface area contributed by atoms with Gasteiger partial charge in [-0.05, 0) is 48.9 Å². The first-order valence-corrected chi connectivity index (χ1v) is 14.2. The van der Waals surface area contributed by atoms with E-state index < -0.39 is 16.1 Å². The topological polar surface area (TPSA) is 94.8 Å². The second-order valence-electron chi connectivity index (χ2n) is 9.40. The van der Waals surface area contributed by atoms with Gasteiger partial charge in [0.25, 0.3) is 10.0 Å². The van der Waals surface area contributed by atoms with E-state index in [1.54, 1.807) is 60.7 Å². The van der Waals surface area contributed by atoms with Crippen molar-refractivity contribution in [2.75, 3.05) is 13.7 Å². The van der Waals surface area contributed by atoms with Crippen LogP contribution in [0.1, 0.15) is 39.6 Å². The van der Waals surface area contributed by atoms with E-state index in [1.807, 2.05) is 31.2 Å². The highest BCUT2D eigenvalue weighted by atomic mass is 32.2. The van der Waals surface area contributed by atoms with Gasteiger partial charge >= 0.3 is 0 Å². The fourth-order valence-electron chi connectivity index (χ4n) is 4.64. The van der Waals surface area contributed by atoms with Crippen LogP contribution in [-0.4, -0.2) is 37.0 Å². The van der Waals surface area contributed by atoms with Crippen LogP contribution in [-0.2, 0) is 10.0 Å². The summed E-state index contributed by atoms with van der Waals surface area (Å²) in [5, 5.41) is 10.1. The number of aliphatic hydroxyl groups excluding tert-OH is 1. The summed E-state index contributed by atoms with van der Waals surface area (Å²) in [6.45, 7) is 1.94. The molecule has 1 N–H and O–H groups in total. The Hall–Kier alpha value is -4.40. The van der Waals surface area contributed by atoms with E-state index >= 15 is 0 Å². The number of methoxy groups -OCH3 is 1. The maximum Gasteiger partial charge on any atom is 0.268 e. The number of rotatable bonds is 10. The fourth-order valence-corrected chi connectivity index (χ4v) is 6.03. The molecule has 0 saturated heterocycles. The molecule has 0 bridgehead atoms. The van der Waals surface area contributed by atoms with Crippen LogP contribution in [0.15, 0.2) is 108 Å². The third-order valence-corrected chi connectivity index (χ3v) is 8.45. The van der Waals surface area contributed by atoms with Crippen LogP contribution < -0.4 is 9.47 Å². The number of hydrogen-bond donors (Lipinski definition) is 1. The average Bonchev–Trinajstić information content (AvgIpc) is 3.38. The Labute approximate surface area is 233 Å². The molecular weight excluding hydrogens is 526 g/mol. The van der Waals surface area contributed by atoms with Gasteiger partial charge in [0.05, 0.1) is 17.5 Å². The number of para-hydroxylation sites is 1. The van der Waals surface area contributed by atoms with Crippen molar-refractivity contribution < 1.29 is 27.8 Å². The molecular formula is C32H29NO6S. The van der Waals surface area contributed by atoms with Gasteiger partial charge in [-0.15, -0.1) is 0 Å². The number of carbonyl (C=O) groups excluding carboxylic acids is 1. The minimum atomic E-state index is -3.93. The average molecular weight is 556 g/mol. The SMILES string of the molecule is COc1cc(C(=O)c2cn(S(=O)(=O)c3ccccc3)c3ccccc23)ccc1OC(CCO)c1ccc(C)cc1. The molecule has 40 heavy (non-hydrogen) atoms. The smallest absolute Gasteiger partial charge is 0.268 e. The van der Waals surface area contributed by atoms with E-state index in [9.17, 15) is 18.3 Å².